The van der Waals surface area contributed by atoms with E-state index in [4.69, 9.17) is 15.2 Å². The van der Waals surface area contributed by atoms with Gasteiger partial charge in [-0.3, -0.25) is 19.3 Å². The average Bonchev–Trinajstić information content (AvgIpc) is 3.38. The van der Waals surface area contributed by atoms with Crippen molar-refractivity contribution in [3.8, 4) is 5.88 Å². The molecule has 242 valence electrons. The molecule has 15 heteroatoms. The van der Waals surface area contributed by atoms with E-state index in [1.54, 1.807) is 16.9 Å². The van der Waals surface area contributed by atoms with Crippen molar-refractivity contribution in [3.05, 3.63) is 59.3 Å². The van der Waals surface area contributed by atoms with Crippen LogP contribution in [-0.2, 0) is 27.7 Å². The molecule has 45 heavy (non-hydrogen) atoms. The predicted molar refractivity (Wildman–Crippen MR) is 166 cm³/mol. The molecule has 0 bridgehead atoms. The molecule has 0 saturated carbocycles. The number of pyridine rings is 2. The minimum absolute atomic E-state index is 0.00676. The average molecular weight is 641 g/mol. The van der Waals surface area contributed by atoms with Crippen molar-refractivity contribution in [1.29, 1.82) is 0 Å². The molecule has 2 fully saturated rings. The molecule has 3 aromatic heterocycles. The van der Waals surface area contributed by atoms with Crippen LogP contribution in [0.2, 0.25) is 0 Å². The second-order valence-electron chi connectivity index (χ2n) is 11.0. The van der Waals surface area contributed by atoms with Crippen molar-refractivity contribution < 1.29 is 27.5 Å². The van der Waals surface area contributed by atoms with Crippen LogP contribution in [0.15, 0.2) is 41.6 Å². The number of hydrogen-bond donors (Lipinski definition) is 2. The van der Waals surface area contributed by atoms with Gasteiger partial charge in [0.1, 0.15) is 16.6 Å². The first-order chi connectivity index (χ1) is 21.7. The van der Waals surface area contributed by atoms with E-state index >= 15 is 0 Å². The molecule has 2 aliphatic heterocycles. The number of amides is 2. The number of aromatic nitrogens is 4. The first-order valence-electron chi connectivity index (χ1n) is 15.3. The third-order valence-electron chi connectivity index (χ3n) is 7.99. The summed E-state index contributed by atoms with van der Waals surface area (Å²) in [6, 6.07) is 6.77. The van der Waals surface area contributed by atoms with Gasteiger partial charge < -0.3 is 25.4 Å². The number of anilines is 1. The molecule has 0 atom stereocenters. The number of nitrogens with two attached hydrogens (primary N) is 1. The van der Waals surface area contributed by atoms with Crippen molar-refractivity contribution in [2.24, 2.45) is 5.73 Å². The van der Waals surface area contributed by atoms with Crippen LogP contribution in [0.4, 0.5) is 5.69 Å². The highest BCUT2D eigenvalue weighted by Gasteiger charge is 2.32. The second kappa shape index (κ2) is 14.5. The van der Waals surface area contributed by atoms with Crippen LogP contribution in [0.1, 0.15) is 65.3 Å². The Bertz CT molecular complexity index is 1600. The third kappa shape index (κ3) is 7.49. The highest BCUT2D eigenvalue weighted by Crippen LogP contribution is 2.29. The van der Waals surface area contributed by atoms with E-state index in [0.717, 1.165) is 6.54 Å². The highest BCUT2D eigenvalue weighted by molar-refractivity contribution is 7.89. The highest BCUT2D eigenvalue weighted by atomic mass is 32.2. The summed E-state index contributed by atoms with van der Waals surface area (Å²) in [7, 11) is -3.95. The smallest absolute Gasteiger partial charge is 0.271 e. The largest absolute Gasteiger partial charge is 0.474 e. The van der Waals surface area contributed by atoms with Gasteiger partial charge in [0.15, 0.2) is 5.69 Å². The number of carbonyl (C=O) groups is 2. The molecule has 2 aliphatic rings. The molecular weight excluding hydrogens is 600 g/mol. The molecule has 0 aromatic carbocycles. The van der Waals surface area contributed by atoms with Gasteiger partial charge in [-0.25, -0.2) is 13.4 Å². The van der Waals surface area contributed by atoms with Crippen LogP contribution < -0.4 is 15.8 Å². The number of ether oxygens (including phenoxy) is 2. The second-order valence-corrected chi connectivity index (χ2v) is 12.9. The van der Waals surface area contributed by atoms with Gasteiger partial charge in [-0.05, 0) is 31.2 Å². The Morgan fingerprint density at radius 2 is 1.87 bits per heavy atom. The Hall–Kier alpha value is -3.92. The van der Waals surface area contributed by atoms with Crippen LogP contribution in [-0.4, -0.2) is 101 Å². The van der Waals surface area contributed by atoms with Gasteiger partial charge in [-0.1, -0.05) is 26.3 Å². The van der Waals surface area contributed by atoms with Gasteiger partial charge in [0, 0.05) is 45.2 Å². The maximum Gasteiger partial charge on any atom is 0.271 e. The summed E-state index contributed by atoms with van der Waals surface area (Å²) in [6.45, 7) is 7.97. The lowest BCUT2D eigenvalue weighted by molar-refractivity contribution is 0.0233. The molecule has 0 aliphatic carbocycles. The van der Waals surface area contributed by atoms with Crippen molar-refractivity contribution in [3.63, 3.8) is 0 Å². The zero-order chi connectivity index (χ0) is 32.0. The van der Waals surface area contributed by atoms with Crippen molar-refractivity contribution >= 4 is 27.5 Å². The minimum atomic E-state index is -3.95. The Morgan fingerprint density at radius 1 is 1.11 bits per heavy atom. The Balaban J connectivity index is 1.51. The van der Waals surface area contributed by atoms with E-state index in [2.05, 4.69) is 25.3 Å². The summed E-state index contributed by atoms with van der Waals surface area (Å²) >= 11 is 0. The zero-order valence-corrected chi connectivity index (χ0v) is 26.5. The van der Waals surface area contributed by atoms with E-state index in [-0.39, 0.29) is 40.4 Å². The fourth-order valence-electron chi connectivity index (χ4n) is 5.47. The number of likely N-dealkylation sites (N-methyl/N-ethyl adjacent to an activating group) is 1. The monoisotopic (exact) mass is 640 g/mol. The van der Waals surface area contributed by atoms with Crippen LogP contribution in [0.25, 0.3) is 0 Å². The number of primary amides is 1. The normalized spacial score (nSPS) is 16.8. The van der Waals surface area contributed by atoms with Crippen LogP contribution in [0, 0.1) is 0 Å². The van der Waals surface area contributed by atoms with Crippen molar-refractivity contribution in [2.75, 3.05) is 51.3 Å². The van der Waals surface area contributed by atoms with Crippen LogP contribution >= 0.6 is 0 Å². The quantitative estimate of drug-likeness (QED) is 0.298. The predicted octanol–water partition coefficient (Wildman–Crippen LogP) is 1.91. The third-order valence-corrected chi connectivity index (χ3v) is 9.85. The molecule has 5 rings (SSSR count). The SMILES string of the molecule is CCCc1c(NC(=O)c2cc(S(=O)(=O)N3CCN(CC)CC3)cnc2OC2CCOCC2)c(C(N)=O)nn1Cc1ccccn1. The number of nitrogens with zero attached hydrogens (tertiary/aromatic N) is 6. The van der Waals surface area contributed by atoms with Crippen LogP contribution in [0.3, 0.4) is 0 Å². The molecule has 3 aromatic rings. The van der Waals surface area contributed by atoms with E-state index in [1.165, 1.54) is 16.6 Å². The summed E-state index contributed by atoms with van der Waals surface area (Å²) in [5.41, 5.74) is 6.98. The Morgan fingerprint density at radius 3 is 2.51 bits per heavy atom. The number of hydrogen-bond acceptors (Lipinski definition) is 10. The molecule has 0 unspecified atom stereocenters. The minimum Gasteiger partial charge on any atom is -0.474 e. The van der Waals surface area contributed by atoms with Gasteiger partial charge in [0.2, 0.25) is 15.9 Å². The number of nitrogens with one attached hydrogen (secondary N) is 1. The molecule has 0 spiro atoms. The van der Waals surface area contributed by atoms with Crippen molar-refractivity contribution in [1.82, 2.24) is 29.0 Å². The fourth-order valence-corrected chi connectivity index (χ4v) is 6.86. The number of piperazine rings is 1. The lowest BCUT2D eigenvalue weighted by Crippen LogP contribution is -2.48. The van der Waals surface area contributed by atoms with Gasteiger partial charge in [-0.15, -0.1) is 0 Å². The van der Waals surface area contributed by atoms with Gasteiger partial charge in [-0.2, -0.15) is 9.40 Å². The maximum absolute atomic E-state index is 14.0. The van der Waals surface area contributed by atoms with Crippen LogP contribution in [0.5, 0.6) is 5.88 Å². The van der Waals surface area contributed by atoms with Gasteiger partial charge in [0.05, 0.1) is 43.0 Å². The molecular formula is C30H40N8O6S. The Kier molecular flexibility index (Phi) is 10.4. The lowest BCUT2D eigenvalue weighted by atomic mass is 10.1. The maximum atomic E-state index is 14.0. The van der Waals surface area contributed by atoms with Gasteiger partial charge in [0.25, 0.3) is 11.8 Å². The molecule has 2 saturated heterocycles. The number of sulfonamides is 1. The summed E-state index contributed by atoms with van der Waals surface area (Å²) in [5, 5.41) is 7.25. The van der Waals surface area contributed by atoms with E-state index in [9.17, 15) is 18.0 Å². The number of rotatable bonds is 12. The van der Waals surface area contributed by atoms with Crippen molar-refractivity contribution in [2.45, 2.75) is 57.1 Å². The summed E-state index contributed by atoms with van der Waals surface area (Å²) in [5.74, 6) is -1.52. The summed E-state index contributed by atoms with van der Waals surface area (Å²) in [4.78, 5) is 37.3. The van der Waals surface area contributed by atoms with E-state index < -0.39 is 21.8 Å². The number of carbonyl (C=O) groups excluding carboxylic acids is 2. The van der Waals surface area contributed by atoms with E-state index in [0.29, 0.717) is 76.5 Å². The van der Waals surface area contributed by atoms with E-state index in [1.807, 2.05) is 26.0 Å². The topological polar surface area (TPSA) is 175 Å². The van der Waals surface area contributed by atoms with Gasteiger partial charge >= 0.3 is 0 Å². The summed E-state index contributed by atoms with van der Waals surface area (Å²) in [6.07, 6.45) is 4.98. The first kappa shape index (κ1) is 32.5. The standard InChI is InChI=1S/C30H40N8O6S/c1-3-7-25-26(27(28(31)39)35-38(25)20-21-8-5-6-11-32-21)34-29(40)24-18-23(19-33-30(24)44-22-9-16-43-17-10-22)45(41,42)37-14-12-36(4-2)13-15-37/h5-6,8,11,18-19,22H,3-4,7,9-10,12-17,20H2,1-2H3,(H2,31,39)(H,34,40). The first-order valence-corrected chi connectivity index (χ1v) is 16.7. The molecule has 3 N–H and O–H groups in total. The molecule has 5 heterocycles. The molecule has 2 amide bonds. The summed E-state index contributed by atoms with van der Waals surface area (Å²) < 4.78 is 41.9. The molecule has 14 nitrogen and oxygen atoms in total. The fraction of sp³-hybridized carbons (Fsp3) is 0.500. The zero-order valence-electron chi connectivity index (χ0n) is 25.6. The molecule has 0 radical (unpaired) electrons. The Labute approximate surface area is 263 Å². The lowest BCUT2D eigenvalue weighted by Gasteiger charge is -2.33.